The van der Waals surface area contributed by atoms with E-state index in [9.17, 15) is 14.7 Å². The molecule has 1 heterocycles. The van der Waals surface area contributed by atoms with Gasteiger partial charge in [-0.15, -0.1) is 0 Å². The molecule has 1 aromatic heterocycles. The van der Waals surface area contributed by atoms with Crippen LogP contribution in [0.4, 0.5) is 11.6 Å². The highest BCUT2D eigenvalue weighted by Gasteiger charge is 2.29. The summed E-state index contributed by atoms with van der Waals surface area (Å²) in [7, 11) is 0. The second kappa shape index (κ2) is 10.9. The minimum atomic E-state index is -1.58. The quantitative estimate of drug-likeness (QED) is 0.211. The Hall–Kier alpha value is -5.15. The maximum absolute atomic E-state index is 13.1. The average Bonchev–Trinajstić information content (AvgIpc) is 3.32. The topological polar surface area (TPSA) is 142 Å². The first-order chi connectivity index (χ1) is 18.5. The lowest BCUT2D eigenvalue weighted by atomic mass is 10.00. The van der Waals surface area contributed by atoms with E-state index in [1.807, 2.05) is 36.4 Å². The number of carbonyl (C=O) groups excluding carboxylic acids is 2. The first kappa shape index (κ1) is 24.5. The summed E-state index contributed by atoms with van der Waals surface area (Å²) in [5.74, 6) is 0.375. The van der Waals surface area contributed by atoms with Gasteiger partial charge in [0, 0.05) is 11.3 Å². The van der Waals surface area contributed by atoms with E-state index in [1.54, 1.807) is 66.7 Å². The number of ether oxygens (including phenoxy) is 1. The Morgan fingerprint density at radius 3 is 2.24 bits per heavy atom. The Morgan fingerprint density at radius 2 is 1.53 bits per heavy atom. The highest BCUT2D eigenvalue weighted by molar-refractivity contribution is 5.98. The number of aliphatic hydroxyl groups is 1. The van der Waals surface area contributed by atoms with Gasteiger partial charge in [0.2, 0.25) is 0 Å². The molecule has 38 heavy (non-hydrogen) atoms. The zero-order valence-corrected chi connectivity index (χ0v) is 20.2. The average molecular weight is 508 g/mol. The predicted molar refractivity (Wildman–Crippen MR) is 145 cm³/mol. The van der Waals surface area contributed by atoms with Crippen molar-refractivity contribution in [2.24, 2.45) is 0 Å². The van der Waals surface area contributed by atoms with Crippen molar-refractivity contribution in [2.45, 2.75) is 12.1 Å². The van der Waals surface area contributed by atoms with Crippen LogP contribution in [0.5, 0.6) is 11.5 Å². The van der Waals surface area contributed by atoms with Gasteiger partial charge in [0.1, 0.15) is 11.5 Å². The number of hydrogen-bond acceptors (Lipinski definition) is 6. The molecule has 0 spiro atoms. The Balaban J connectivity index is 1.31. The number of amides is 2. The van der Waals surface area contributed by atoms with Gasteiger partial charge < -0.3 is 31.2 Å². The van der Waals surface area contributed by atoms with Crippen molar-refractivity contribution < 1.29 is 19.4 Å². The van der Waals surface area contributed by atoms with Crippen LogP contribution in [-0.2, 0) is 4.79 Å². The number of para-hydroxylation sites is 1. The van der Waals surface area contributed by atoms with E-state index in [4.69, 9.17) is 10.5 Å². The number of aromatic nitrogens is 2. The number of nitrogens with one attached hydrogen (secondary N) is 3. The highest BCUT2D eigenvalue weighted by atomic mass is 16.5. The highest BCUT2D eigenvalue weighted by Crippen LogP contribution is 2.24. The SMILES string of the molecule is Nc1nc2ccc(NC(=O)C(O)C(NC(=O)c3ccc(Oc4ccccc4)cc3)c3ccccc3)cc2[nH]1. The summed E-state index contributed by atoms with van der Waals surface area (Å²) in [5.41, 5.74) is 8.34. The van der Waals surface area contributed by atoms with Crippen LogP contribution in [-0.4, -0.2) is 33.0 Å². The van der Waals surface area contributed by atoms with Gasteiger partial charge in [-0.2, -0.15) is 0 Å². The molecular weight excluding hydrogens is 482 g/mol. The van der Waals surface area contributed by atoms with Crippen LogP contribution in [0.3, 0.4) is 0 Å². The second-order valence-electron chi connectivity index (χ2n) is 8.59. The van der Waals surface area contributed by atoms with Crippen LogP contribution in [0.25, 0.3) is 11.0 Å². The maximum Gasteiger partial charge on any atom is 0.255 e. The summed E-state index contributed by atoms with van der Waals surface area (Å²) in [6.07, 6.45) is -1.58. The monoisotopic (exact) mass is 507 g/mol. The van der Waals surface area contributed by atoms with Crippen molar-refractivity contribution in [1.82, 2.24) is 15.3 Å². The maximum atomic E-state index is 13.1. The number of anilines is 2. The van der Waals surface area contributed by atoms with Crippen molar-refractivity contribution in [1.29, 1.82) is 0 Å². The molecule has 0 aliphatic rings. The van der Waals surface area contributed by atoms with Gasteiger partial charge in [0.15, 0.2) is 12.1 Å². The molecule has 9 nitrogen and oxygen atoms in total. The van der Waals surface area contributed by atoms with E-state index in [0.717, 1.165) is 0 Å². The molecule has 0 fully saturated rings. The number of carbonyl (C=O) groups is 2. The molecule has 0 saturated carbocycles. The third-order valence-corrected chi connectivity index (χ3v) is 5.89. The number of H-pyrrole nitrogens is 1. The summed E-state index contributed by atoms with van der Waals surface area (Å²) in [4.78, 5) is 33.2. The number of nitrogen functional groups attached to an aromatic ring is 1. The van der Waals surface area contributed by atoms with Gasteiger partial charge in [-0.1, -0.05) is 48.5 Å². The molecule has 2 atom stereocenters. The van der Waals surface area contributed by atoms with E-state index < -0.39 is 24.0 Å². The number of aliphatic hydroxyl groups excluding tert-OH is 1. The number of imidazole rings is 1. The lowest BCUT2D eigenvalue weighted by molar-refractivity contribution is -0.125. The molecule has 0 bridgehead atoms. The largest absolute Gasteiger partial charge is 0.457 e. The minimum Gasteiger partial charge on any atom is -0.457 e. The summed E-state index contributed by atoms with van der Waals surface area (Å²) in [6, 6.07) is 28.7. The van der Waals surface area contributed by atoms with Crippen LogP contribution in [0.15, 0.2) is 103 Å². The van der Waals surface area contributed by atoms with Crippen molar-refractivity contribution >= 4 is 34.5 Å². The van der Waals surface area contributed by atoms with Crippen molar-refractivity contribution in [3.8, 4) is 11.5 Å². The second-order valence-corrected chi connectivity index (χ2v) is 8.59. The van der Waals surface area contributed by atoms with Gasteiger partial charge in [-0.25, -0.2) is 4.98 Å². The molecule has 4 aromatic carbocycles. The third-order valence-electron chi connectivity index (χ3n) is 5.89. The third kappa shape index (κ3) is 5.63. The van der Waals surface area contributed by atoms with Crippen molar-refractivity contribution in [3.63, 3.8) is 0 Å². The van der Waals surface area contributed by atoms with E-state index in [0.29, 0.717) is 39.3 Å². The number of fused-ring (bicyclic) bond motifs is 1. The van der Waals surface area contributed by atoms with Crippen molar-refractivity contribution in [3.05, 3.63) is 114 Å². The molecule has 6 N–H and O–H groups in total. The summed E-state index contributed by atoms with van der Waals surface area (Å²) >= 11 is 0. The molecule has 0 aliphatic carbocycles. The Bertz CT molecular complexity index is 1550. The molecule has 2 amide bonds. The molecule has 0 aliphatic heterocycles. The van der Waals surface area contributed by atoms with Gasteiger partial charge in [0.25, 0.3) is 11.8 Å². The van der Waals surface area contributed by atoms with E-state index in [2.05, 4.69) is 20.6 Å². The zero-order valence-electron chi connectivity index (χ0n) is 20.2. The smallest absolute Gasteiger partial charge is 0.255 e. The number of nitrogens with two attached hydrogens (primary N) is 1. The molecule has 5 aromatic rings. The lowest BCUT2D eigenvalue weighted by Crippen LogP contribution is -2.42. The van der Waals surface area contributed by atoms with Crippen LogP contribution < -0.4 is 21.1 Å². The van der Waals surface area contributed by atoms with Crippen molar-refractivity contribution in [2.75, 3.05) is 11.1 Å². The van der Waals surface area contributed by atoms with Gasteiger partial charge in [-0.05, 0) is 60.2 Å². The number of benzene rings is 4. The first-order valence-electron chi connectivity index (χ1n) is 11.9. The fourth-order valence-corrected chi connectivity index (χ4v) is 4.00. The van der Waals surface area contributed by atoms with Crippen LogP contribution in [0.2, 0.25) is 0 Å². The Kier molecular flexibility index (Phi) is 7.01. The van der Waals surface area contributed by atoms with Gasteiger partial charge in [-0.3, -0.25) is 9.59 Å². The molecule has 190 valence electrons. The first-order valence-corrected chi connectivity index (χ1v) is 11.9. The summed E-state index contributed by atoms with van der Waals surface area (Å²) in [6.45, 7) is 0. The summed E-state index contributed by atoms with van der Waals surface area (Å²) < 4.78 is 5.78. The molecule has 2 unspecified atom stereocenters. The predicted octanol–water partition coefficient (Wildman–Crippen LogP) is 4.41. The molecule has 0 saturated heterocycles. The van der Waals surface area contributed by atoms with Crippen LogP contribution >= 0.6 is 0 Å². The number of hydrogen-bond donors (Lipinski definition) is 5. The van der Waals surface area contributed by atoms with E-state index in [1.165, 1.54) is 0 Å². The molecule has 9 heteroatoms. The number of aromatic amines is 1. The molecular formula is C29H25N5O4. The van der Waals surface area contributed by atoms with E-state index in [-0.39, 0.29) is 5.95 Å². The molecule has 5 rings (SSSR count). The normalized spacial score (nSPS) is 12.4. The standard InChI is InChI=1S/C29H25N5O4/c30-29-32-23-16-13-20(17-24(23)33-29)31-28(37)26(35)25(18-7-3-1-4-8-18)34-27(36)19-11-14-22(15-12-19)38-21-9-5-2-6-10-21/h1-17,25-26,35H,(H,31,37)(H,34,36)(H3,30,32,33). The Morgan fingerprint density at radius 1 is 0.868 bits per heavy atom. The fourth-order valence-electron chi connectivity index (χ4n) is 4.00. The zero-order chi connectivity index (χ0) is 26.5. The molecule has 0 radical (unpaired) electrons. The van der Waals surface area contributed by atoms with Crippen LogP contribution in [0.1, 0.15) is 22.0 Å². The Labute approximate surface area is 218 Å². The minimum absolute atomic E-state index is 0.259. The van der Waals surface area contributed by atoms with Crippen LogP contribution in [0, 0.1) is 0 Å². The summed E-state index contributed by atoms with van der Waals surface area (Å²) in [5, 5.41) is 16.5. The van der Waals surface area contributed by atoms with E-state index >= 15 is 0 Å². The number of rotatable bonds is 8. The fraction of sp³-hybridized carbons (Fsp3) is 0.0690. The van der Waals surface area contributed by atoms with Gasteiger partial charge >= 0.3 is 0 Å². The lowest BCUT2D eigenvalue weighted by Gasteiger charge is -2.24. The van der Waals surface area contributed by atoms with Gasteiger partial charge in [0.05, 0.1) is 17.1 Å². The number of nitrogens with zero attached hydrogens (tertiary/aromatic N) is 1.